The first kappa shape index (κ1) is 19.7. The van der Waals surface area contributed by atoms with E-state index in [2.05, 4.69) is 17.0 Å². The van der Waals surface area contributed by atoms with Crippen LogP contribution in [0.15, 0.2) is 24.3 Å². The number of carbonyl (C=O) groups excluding carboxylic acids is 1. The highest BCUT2D eigenvalue weighted by Crippen LogP contribution is 2.24. The Kier molecular flexibility index (Phi) is 7.22. The van der Waals surface area contributed by atoms with Gasteiger partial charge in [0, 0.05) is 18.3 Å². The Morgan fingerprint density at radius 3 is 2.44 bits per heavy atom. The van der Waals surface area contributed by atoms with Crippen LogP contribution in [0.2, 0.25) is 0 Å². The summed E-state index contributed by atoms with van der Waals surface area (Å²) in [5.41, 5.74) is 5.88. The van der Waals surface area contributed by atoms with Crippen LogP contribution >= 0.6 is 0 Å². The molecule has 1 saturated carbocycles. The highest BCUT2D eigenvalue weighted by molar-refractivity contribution is 7.90. The van der Waals surface area contributed by atoms with E-state index in [9.17, 15) is 13.2 Å². The lowest BCUT2D eigenvalue weighted by atomic mass is 9.88. The molecule has 0 aliphatic heterocycles. The number of sulfonamides is 1. The van der Waals surface area contributed by atoms with E-state index in [1.165, 1.54) is 0 Å². The molecule has 140 valence electrons. The van der Waals surface area contributed by atoms with Gasteiger partial charge in [-0.05, 0) is 55.9 Å². The van der Waals surface area contributed by atoms with Gasteiger partial charge in [-0.25, -0.2) is 13.1 Å². The molecule has 7 nitrogen and oxygen atoms in total. The summed E-state index contributed by atoms with van der Waals surface area (Å²) in [6, 6.07) is 6.65. The van der Waals surface area contributed by atoms with Crippen molar-refractivity contribution in [2.45, 2.75) is 38.6 Å². The van der Waals surface area contributed by atoms with Gasteiger partial charge in [0.15, 0.2) is 0 Å². The molecule has 1 fully saturated rings. The number of benzene rings is 1. The second kappa shape index (κ2) is 9.17. The minimum Gasteiger partial charge on any atom is -0.492 e. The van der Waals surface area contributed by atoms with Crippen molar-refractivity contribution in [1.29, 1.82) is 0 Å². The molecular weight excluding hydrogens is 342 g/mol. The van der Waals surface area contributed by atoms with Crippen molar-refractivity contribution in [3.8, 4) is 5.75 Å². The van der Waals surface area contributed by atoms with Crippen molar-refractivity contribution in [3.05, 3.63) is 24.3 Å². The average molecular weight is 369 g/mol. The topological polar surface area (TPSA) is 111 Å². The molecule has 1 aliphatic rings. The zero-order chi connectivity index (χ0) is 18.3. The van der Waals surface area contributed by atoms with Gasteiger partial charge in [-0.3, -0.25) is 4.79 Å². The van der Waals surface area contributed by atoms with Crippen LogP contribution in [0.5, 0.6) is 5.75 Å². The second-order valence-corrected chi connectivity index (χ2v) is 8.30. The maximum absolute atomic E-state index is 12.1. The number of nitrogens with two attached hydrogens (primary N) is 1. The van der Waals surface area contributed by atoms with E-state index in [-0.39, 0.29) is 6.04 Å². The summed E-state index contributed by atoms with van der Waals surface area (Å²) >= 11 is 0. The van der Waals surface area contributed by atoms with Gasteiger partial charge in [-0.1, -0.05) is 6.92 Å². The molecule has 4 N–H and O–H groups in total. The number of nitrogens with one attached hydrogen (secondary N) is 2. The molecule has 1 aliphatic carbocycles. The van der Waals surface area contributed by atoms with Crippen molar-refractivity contribution in [1.82, 2.24) is 4.72 Å². The van der Waals surface area contributed by atoms with Crippen molar-refractivity contribution in [2.75, 3.05) is 24.2 Å². The third-order valence-corrected chi connectivity index (χ3v) is 5.54. The van der Waals surface area contributed by atoms with E-state index in [4.69, 9.17) is 10.5 Å². The van der Waals surface area contributed by atoms with Gasteiger partial charge < -0.3 is 15.8 Å². The predicted molar refractivity (Wildman–Crippen MR) is 98.0 cm³/mol. The van der Waals surface area contributed by atoms with E-state index >= 15 is 0 Å². The Labute approximate surface area is 149 Å². The first-order chi connectivity index (χ1) is 11.9. The lowest BCUT2D eigenvalue weighted by Crippen LogP contribution is -2.41. The lowest BCUT2D eigenvalue weighted by Gasteiger charge is -2.26. The first-order valence-electron chi connectivity index (χ1n) is 8.61. The van der Waals surface area contributed by atoms with Crippen LogP contribution in [-0.2, 0) is 14.8 Å². The minimum atomic E-state index is -3.64. The van der Waals surface area contributed by atoms with E-state index in [1.807, 2.05) is 0 Å². The van der Waals surface area contributed by atoms with Crippen molar-refractivity contribution < 1.29 is 17.9 Å². The van der Waals surface area contributed by atoms with Gasteiger partial charge in [-0.15, -0.1) is 0 Å². The summed E-state index contributed by atoms with van der Waals surface area (Å²) in [5, 5.41) is 2.59. The van der Waals surface area contributed by atoms with Gasteiger partial charge in [0.2, 0.25) is 15.9 Å². The van der Waals surface area contributed by atoms with Gasteiger partial charge in [0.25, 0.3) is 0 Å². The Bertz CT molecular complexity index is 653. The molecule has 0 unspecified atom stereocenters. The fourth-order valence-corrected chi connectivity index (χ4v) is 4.10. The number of hydrogen-bond donors (Lipinski definition) is 3. The normalized spacial score (nSPS) is 20.9. The summed E-state index contributed by atoms with van der Waals surface area (Å²) in [5.74, 6) is 0.141. The average Bonchev–Trinajstić information content (AvgIpc) is 2.55. The smallest absolute Gasteiger partial charge is 0.240 e. The molecule has 1 amide bonds. The highest BCUT2D eigenvalue weighted by atomic mass is 32.2. The van der Waals surface area contributed by atoms with Crippen LogP contribution in [0.1, 0.15) is 32.6 Å². The molecule has 2 rings (SSSR count). The molecule has 0 heterocycles. The molecule has 0 spiro atoms. The van der Waals surface area contributed by atoms with E-state index in [1.54, 1.807) is 24.3 Å². The molecule has 1 aromatic rings. The number of anilines is 1. The van der Waals surface area contributed by atoms with Crippen molar-refractivity contribution in [2.24, 2.45) is 11.7 Å². The highest BCUT2D eigenvalue weighted by Gasteiger charge is 2.24. The molecule has 0 atom stereocenters. The van der Waals surface area contributed by atoms with Gasteiger partial charge in [-0.2, -0.15) is 0 Å². The van der Waals surface area contributed by atoms with Crippen LogP contribution in [0, 0.1) is 5.92 Å². The monoisotopic (exact) mass is 369 g/mol. The molecule has 8 heteroatoms. The van der Waals surface area contributed by atoms with Crippen LogP contribution in [0.4, 0.5) is 5.69 Å². The number of rotatable bonds is 8. The van der Waals surface area contributed by atoms with Gasteiger partial charge in [0.1, 0.15) is 18.1 Å². The Hall–Kier alpha value is -1.64. The number of hydrogen-bond acceptors (Lipinski definition) is 5. The third kappa shape index (κ3) is 7.01. The number of carbonyl (C=O) groups is 1. The third-order valence-electron chi connectivity index (χ3n) is 4.21. The van der Waals surface area contributed by atoms with Crippen LogP contribution in [0.3, 0.4) is 0 Å². The maximum Gasteiger partial charge on any atom is 0.240 e. The van der Waals surface area contributed by atoms with Crippen molar-refractivity contribution >= 4 is 21.6 Å². The Morgan fingerprint density at radius 1 is 1.20 bits per heavy atom. The molecule has 25 heavy (non-hydrogen) atoms. The van der Waals surface area contributed by atoms with Crippen LogP contribution in [-0.4, -0.2) is 39.3 Å². The zero-order valence-electron chi connectivity index (χ0n) is 14.5. The predicted octanol–water partition coefficient (Wildman–Crippen LogP) is 1.46. The standard InChI is InChI=1S/C17H27N3O4S/c1-13-2-4-15(5-3-13)20-25(22,23)12-17(21)19-14-6-8-16(9-7-14)24-11-10-18/h6-9,13,15,20H,2-5,10-12,18H2,1H3,(H,19,21). The maximum atomic E-state index is 12.1. The molecule has 0 aromatic heterocycles. The Morgan fingerprint density at radius 2 is 1.84 bits per heavy atom. The zero-order valence-corrected chi connectivity index (χ0v) is 15.3. The molecular formula is C17H27N3O4S. The quantitative estimate of drug-likeness (QED) is 0.642. The fraction of sp³-hybridized carbons (Fsp3) is 0.588. The van der Waals surface area contributed by atoms with Gasteiger partial charge >= 0.3 is 0 Å². The largest absolute Gasteiger partial charge is 0.492 e. The Balaban J connectivity index is 1.82. The van der Waals surface area contributed by atoms with Crippen molar-refractivity contribution in [3.63, 3.8) is 0 Å². The van der Waals surface area contributed by atoms with E-state index in [0.29, 0.717) is 30.5 Å². The first-order valence-corrected chi connectivity index (χ1v) is 10.3. The molecule has 1 aromatic carbocycles. The number of amides is 1. The summed E-state index contributed by atoms with van der Waals surface area (Å²) in [6.07, 6.45) is 3.68. The SMILES string of the molecule is CC1CCC(NS(=O)(=O)CC(=O)Nc2ccc(OCCN)cc2)CC1. The molecule has 0 radical (unpaired) electrons. The summed E-state index contributed by atoms with van der Waals surface area (Å²) in [7, 11) is -3.64. The summed E-state index contributed by atoms with van der Waals surface area (Å²) in [4.78, 5) is 12.0. The van der Waals surface area contributed by atoms with Crippen LogP contribution < -0.4 is 20.5 Å². The fourth-order valence-electron chi connectivity index (χ4n) is 2.85. The lowest BCUT2D eigenvalue weighted by molar-refractivity contribution is -0.113. The number of ether oxygens (including phenoxy) is 1. The summed E-state index contributed by atoms with van der Waals surface area (Å²) in [6.45, 7) is 3.00. The molecule has 0 bridgehead atoms. The van der Waals surface area contributed by atoms with Crippen LogP contribution in [0.25, 0.3) is 0 Å². The van der Waals surface area contributed by atoms with E-state index < -0.39 is 21.7 Å². The van der Waals surface area contributed by atoms with Gasteiger partial charge in [0.05, 0.1) is 0 Å². The second-order valence-electron chi connectivity index (χ2n) is 6.54. The summed E-state index contributed by atoms with van der Waals surface area (Å²) < 4.78 is 32.3. The minimum absolute atomic E-state index is 0.0621. The van der Waals surface area contributed by atoms with E-state index in [0.717, 1.165) is 25.7 Å². The molecule has 0 saturated heterocycles.